The SMILES string of the molecule is COc1ccc(N2CCN(CCC(=O)N(C)c3ccccc3)CC2)cc1. The smallest absolute Gasteiger partial charge is 0.228 e. The van der Waals surface area contributed by atoms with Crippen molar-refractivity contribution in [3.8, 4) is 5.75 Å². The van der Waals surface area contributed by atoms with Gasteiger partial charge in [0.1, 0.15) is 5.75 Å². The summed E-state index contributed by atoms with van der Waals surface area (Å²) in [7, 11) is 3.53. The average Bonchev–Trinajstić information content (AvgIpc) is 2.72. The van der Waals surface area contributed by atoms with Gasteiger partial charge in [0.15, 0.2) is 0 Å². The molecule has 2 aromatic rings. The van der Waals surface area contributed by atoms with Crippen LogP contribution in [0.2, 0.25) is 0 Å². The van der Waals surface area contributed by atoms with E-state index in [1.165, 1.54) is 5.69 Å². The molecule has 2 aromatic carbocycles. The molecule has 1 amide bonds. The molecule has 1 aliphatic rings. The topological polar surface area (TPSA) is 36.0 Å². The monoisotopic (exact) mass is 353 g/mol. The Morgan fingerprint density at radius 1 is 1.00 bits per heavy atom. The first-order chi connectivity index (χ1) is 12.7. The molecule has 0 atom stereocenters. The van der Waals surface area contributed by atoms with Crippen LogP contribution in [0.4, 0.5) is 11.4 Å². The summed E-state index contributed by atoms with van der Waals surface area (Å²) in [6.45, 7) is 4.74. The van der Waals surface area contributed by atoms with Gasteiger partial charge in [0.25, 0.3) is 0 Å². The Bertz CT molecular complexity index is 695. The van der Waals surface area contributed by atoms with Crippen molar-refractivity contribution in [3.63, 3.8) is 0 Å². The zero-order chi connectivity index (χ0) is 18.4. The van der Waals surface area contributed by atoms with E-state index in [9.17, 15) is 4.79 Å². The first-order valence-electron chi connectivity index (χ1n) is 9.10. The predicted molar refractivity (Wildman–Crippen MR) is 106 cm³/mol. The van der Waals surface area contributed by atoms with Crippen LogP contribution in [0.15, 0.2) is 54.6 Å². The number of piperazine rings is 1. The second-order valence-electron chi connectivity index (χ2n) is 6.57. The summed E-state index contributed by atoms with van der Waals surface area (Å²) in [6.07, 6.45) is 0.550. The Balaban J connectivity index is 1.44. The lowest BCUT2D eigenvalue weighted by Crippen LogP contribution is -2.47. The Hall–Kier alpha value is -2.53. The third kappa shape index (κ3) is 4.55. The number of methoxy groups -OCH3 is 1. The average molecular weight is 353 g/mol. The Morgan fingerprint density at radius 3 is 2.27 bits per heavy atom. The first-order valence-corrected chi connectivity index (χ1v) is 9.10. The molecule has 0 saturated carbocycles. The lowest BCUT2D eigenvalue weighted by molar-refractivity contribution is -0.118. The van der Waals surface area contributed by atoms with Gasteiger partial charge in [0.05, 0.1) is 7.11 Å². The first kappa shape index (κ1) is 18.3. The van der Waals surface area contributed by atoms with Crippen molar-refractivity contribution in [1.29, 1.82) is 0 Å². The molecule has 0 bridgehead atoms. The molecule has 26 heavy (non-hydrogen) atoms. The Labute approximate surface area is 155 Å². The zero-order valence-electron chi connectivity index (χ0n) is 15.6. The Morgan fingerprint density at radius 2 is 1.65 bits per heavy atom. The van der Waals surface area contributed by atoms with Crippen LogP contribution in [-0.4, -0.2) is 57.7 Å². The summed E-state index contributed by atoms with van der Waals surface area (Å²) in [5.74, 6) is 1.04. The number of anilines is 2. The summed E-state index contributed by atoms with van der Waals surface area (Å²) < 4.78 is 5.22. The molecule has 0 N–H and O–H groups in total. The molecular formula is C21H27N3O2. The van der Waals surface area contributed by atoms with Crippen LogP contribution in [0.3, 0.4) is 0 Å². The van der Waals surface area contributed by atoms with Crippen molar-refractivity contribution in [2.75, 3.05) is 56.7 Å². The summed E-state index contributed by atoms with van der Waals surface area (Å²) in [6, 6.07) is 18.0. The van der Waals surface area contributed by atoms with Crippen LogP contribution < -0.4 is 14.5 Å². The Kier molecular flexibility index (Phi) is 6.12. The van der Waals surface area contributed by atoms with E-state index in [1.54, 1.807) is 12.0 Å². The van der Waals surface area contributed by atoms with Gasteiger partial charge in [0, 0.05) is 57.6 Å². The van der Waals surface area contributed by atoms with Gasteiger partial charge >= 0.3 is 0 Å². The molecule has 3 rings (SSSR count). The number of carbonyl (C=O) groups excluding carboxylic acids is 1. The highest BCUT2D eigenvalue weighted by Crippen LogP contribution is 2.20. The minimum absolute atomic E-state index is 0.161. The maximum atomic E-state index is 12.4. The molecule has 0 spiro atoms. The number of benzene rings is 2. The molecule has 138 valence electrons. The maximum Gasteiger partial charge on any atom is 0.228 e. The number of amides is 1. The quantitative estimate of drug-likeness (QED) is 0.800. The van der Waals surface area contributed by atoms with Gasteiger partial charge in [-0.25, -0.2) is 0 Å². The van der Waals surface area contributed by atoms with Crippen molar-refractivity contribution < 1.29 is 9.53 Å². The largest absolute Gasteiger partial charge is 0.497 e. The normalized spacial score (nSPS) is 14.9. The molecule has 0 aromatic heterocycles. The van der Waals surface area contributed by atoms with E-state index in [4.69, 9.17) is 4.74 Å². The van der Waals surface area contributed by atoms with Gasteiger partial charge in [-0.1, -0.05) is 18.2 Å². The highest BCUT2D eigenvalue weighted by Gasteiger charge is 2.19. The zero-order valence-corrected chi connectivity index (χ0v) is 15.6. The van der Waals surface area contributed by atoms with E-state index in [0.29, 0.717) is 6.42 Å². The maximum absolute atomic E-state index is 12.4. The van der Waals surface area contributed by atoms with Crippen LogP contribution in [0.25, 0.3) is 0 Å². The minimum atomic E-state index is 0.161. The number of ether oxygens (including phenoxy) is 1. The van der Waals surface area contributed by atoms with Crippen molar-refractivity contribution in [1.82, 2.24) is 4.90 Å². The minimum Gasteiger partial charge on any atom is -0.497 e. The summed E-state index contributed by atoms with van der Waals surface area (Å²) >= 11 is 0. The third-order valence-corrected chi connectivity index (χ3v) is 4.97. The highest BCUT2D eigenvalue weighted by atomic mass is 16.5. The predicted octanol–water partition coefficient (Wildman–Crippen LogP) is 2.87. The number of rotatable bonds is 6. The van der Waals surface area contributed by atoms with Crippen LogP contribution in [0, 0.1) is 0 Å². The molecule has 0 radical (unpaired) electrons. The van der Waals surface area contributed by atoms with Crippen molar-refractivity contribution in [3.05, 3.63) is 54.6 Å². The fourth-order valence-corrected chi connectivity index (χ4v) is 3.24. The van der Waals surface area contributed by atoms with Gasteiger partial charge in [-0.2, -0.15) is 0 Å². The van der Waals surface area contributed by atoms with E-state index in [2.05, 4.69) is 21.9 Å². The number of para-hydroxylation sites is 1. The van der Waals surface area contributed by atoms with Gasteiger partial charge in [-0.15, -0.1) is 0 Å². The molecular weight excluding hydrogens is 326 g/mol. The molecule has 5 heteroatoms. The summed E-state index contributed by atoms with van der Waals surface area (Å²) in [4.78, 5) is 18.9. The lowest BCUT2D eigenvalue weighted by Gasteiger charge is -2.36. The molecule has 0 aliphatic carbocycles. The number of carbonyl (C=O) groups is 1. The third-order valence-electron chi connectivity index (χ3n) is 4.97. The fraction of sp³-hybridized carbons (Fsp3) is 0.381. The van der Waals surface area contributed by atoms with E-state index in [1.807, 2.05) is 49.5 Å². The number of nitrogens with zero attached hydrogens (tertiary/aromatic N) is 3. The number of hydrogen-bond donors (Lipinski definition) is 0. The van der Waals surface area contributed by atoms with Crippen molar-refractivity contribution >= 4 is 17.3 Å². The van der Waals surface area contributed by atoms with Crippen molar-refractivity contribution in [2.45, 2.75) is 6.42 Å². The van der Waals surface area contributed by atoms with E-state index in [-0.39, 0.29) is 5.91 Å². The van der Waals surface area contributed by atoms with Gasteiger partial charge in [-0.3, -0.25) is 9.69 Å². The molecule has 1 heterocycles. The summed E-state index contributed by atoms with van der Waals surface area (Å²) in [5.41, 5.74) is 2.17. The molecule has 1 saturated heterocycles. The second-order valence-corrected chi connectivity index (χ2v) is 6.57. The molecule has 1 fully saturated rings. The van der Waals surface area contributed by atoms with Gasteiger partial charge < -0.3 is 14.5 Å². The van der Waals surface area contributed by atoms with Crippen molar-refractivity contribution in [2.24, 2.45) is 0 Å². The second kappa shape index (κ2) is 8.72. The highest BCUT2D eigenvalue weighted by molar-refractivity contribution is 5.92. The summed E-state index contributed by atoms with van der Waals surface area (Å²) in [5, 5.41) is 0. The molecule has 0 unspecified atom stereocenters. The molecule has 1 aliphatic heterocycles. The lowest BCUT2D eigenvalue weighted by atomic mass is 10.2. The van der Waals surface area contributed by atoms with E-state index in [0.717, 1.165) is 44.2 Å². The van der Waals surface area contributed by atoms with E-state index < -0.39 is 0 Å². The van der Waals surface area contributed by atoms with Crippen LogP contribution in [0.5, 0.6) is 5.75 Å². The standard InChI is InChI=1S/C21H27N3O2/c1-22(18-6-4-3-5-7-18)21(25)12-13-23-14-16-24(17-15-23)19-8-10-20(26-2)11-9-19/h3-11H,12-17H2,1-2H3. The van der Waals surface area contributed by atoms with Gasteiger partial charge in [0.2, 0.25) is 5.91 Å². The van der Waals surface area contributed by atoms with Crippen LogP contribution in [0.1, 0.15) is 6.42 Å². The van der Waals surface area contributed by atoms with Crippen LogP contribution >= 0.6 is 0 Å². The van der Waals surface area contributed by atoms with E-state index >= 15 is 0 Å². The molecule has 5 nitrogen and oxygen atoms in total. The van der Waals surface area contributed by atoms with Gasteiger partial charge in [-0.05, 0) is 36.4 Å². The number of hydrogen-bond acceptors (Lipinski definition) is 4. The fourth-order valence-electron chi connectivity index (χ4n) is 3.24. The van der Waals surface area contributed by atoms with Crippen LogP contribution in [-0.2, 0) is 4.79 Å².